The molecule has 0 aliphatic carbocycles. The molecule has 0 saturated heterocycles. The highest BCUT2D eigenvalue weighted by Crippen LogP contribution is 2.42. The highest BCUT2D eigenvalue weighted by atomic mass is 16.1. The number of ketones is 1. The maximum Gasteiger partial charge on any atom is 0.134 e. The van der Waals surface area contributed by atoms with Crippen molar-refractivity contribution in [3.05, 3.63) is 0 Å². The molecule has 1 unspecified atom stereocenters. The normalized spacial score (nSPS) is 14.5. The highest BCUT2D eigenvalue weighted by Gasteiger charge is 2.33. The monoisotopic (exact) mass is 220 g/mol. The molecule has 6 heteroatoms. The van der Waals surface area contributed by atoms with E-state index in [1.165, 1.54) is 0 Å². The Labute approximate surface area is 112 Å². The summed E-state index contributed by atoms with van der Waals surface area (Å²) in [5.41, 5.74) is 0. The Morgan fingerprint density at radius 3 is 2.00 bits per heavy atom. The van der Waals surface area contributed by atoms with E-state index in [1.54, 1.807) is 0 Å². The van der Waals surface area contributed by atoms with Crippen molar-refractivity contribution < 1.29 is 4.79 Å². The van der Waals surface area contributed by atoms with E-state index in [1.807, 2.05) is 6.92 Å². The van der Waals surface area contributed by atoms with Gasteiger partial charge in [0.2, 0.25) is 0 Å². The van der Waals surface area contributed by atoms with E-state index in [-0.39, 0.29) is 18.1 Å². The Kier molecular flexibility index (Phi) is 6.80. The molecule has 82 valence electrons. The summed E-state index contributed by atoms with van der Waals surface area (Å²) in [5.74, 6) is -0.0551. The van der Waals surface area contributed by atoms with Crippen LogP contribution in [0.5, 0.6) is 0 Å². The first-order valence-electron chi connectivity index (χ1n) is 6.12. The van der Waals surface area contributed by atoms with Crippen LogP contribution < -0.4 is 0 Å². The third kappa shape index (κ3) is 5.44. The Hall–Kier alpha value is -0.00532. The number of carbonyl (C=O) groups is 1. The lowest BCUT2D eigenvalue weighted by atomic mass is 9.22. The molecule has 0 aliphatic heterocycles. The van der Waals surface area contributed by atoms with E-state index in [0.29, 0.717) is 0 Å². The third-order valence-corrected chi connectivity index (χ3v) is 3.13. The van der Waals surface area contributed by atoms with Gasteiger partial charge in [0.05, 0.1) is 15.7 Å². The zero-order chi connectivity index (χ0) is 13.7. The summed E-state index contributed by atoms with van der Waals surface area (Å²) < 4.78 is 0. The first kappa shape index (κ1) is 17.0. The van der Waals surface area contributed by atoms with Gasteiger partial charge in [0.15, 0.2) is 0 Å². The number of Topliss-reactive ketones (excluding diaryl/α,β-unsaturated/α-hetero) is 1. The molecule has 0 heterocycles. The summed E-state index contributed by atoms with van der Waals surface area (Å²) in [7, 11) is 27.8. The van der Waals surface area contributed by atoms with Crippen LogP contribution in [0.4, 0.5) is 0 Å². The first-order chi connectivity index (χ1) is 7.65. The van der Waals surface area contributed by atoms with Gasteiger partial charge in [0, 0.05) is 29.5 Å². The van der Waals surface area contributed by atoms with E-state index >= 15 is 0 Å². The fraction of sp³-hybridized carbons (Fsp3) is 0.909. The fourth-order valence-electron chi connectivity index (χ4n) is 1.63. The fourth-order valence-corrected chi connectivity index (χ4v) is 1.63. The van der Waals surface area contributed by atoms with Crippen molar-refractivity contribution in [3.63, 3.8) is 0 Å². The van der Waals surface area contributed by atoms with Crippen LogP contribution in [0.1, 0.15) is 46.0 Å². The Balaban J connectivity index is 4.50. The molecular formula is C11H17B5O. The van der Waals surface area contributed by atoms with Crippen LogP contribution in [0, 0.1) is 5.92 Å². The van der Waals surface area contributed by atoms with Crippen molar-refractivity contribution in [1.82, 2.24) is 0 Å². The van der Waals surface area contributed by atoms with Crippen molar-refractivity contribution in [2.75, 3.05) is 0 Å². The molecule has 0 aromatic heterocycles. The SMILES string of the molecule is [B]C([B])([B])C([B])([B])CC(=O)C(CC)CCCC. The van der Waals surface area contributed by atoms with Gasteiger partial charge in [-0.25, -0.2) is 0 Å². The Bertz CT molecular complexity index is 247. The minimum atomic E-state index is -1.76. The van der Waals surface area contributed by atoms with Crippen molar-refractivity contribution in [1.29, 1.82) is 0 Å². The van der Waals surface area contributed by atoms with Crippen LogP contribution >= 0.6 is 0 Å². The zero-order valence-corrected chi connectivity index (χ0v) is 10.9. The summed E-state index contributed by atoms with van der Waals surface area (Å²) in [6.07, 6.45) is 3.56. The van der Waals surface area contributed by atoms with Crippen LogP contribution in [0.2, 0.25) is 10.3 Å². The van der Waals surface area contributed by atoms with Gasteiger partial charge in [0.25, 0.3) is 0 Å². The van der Waals surface area contributed by atoms with Gasteiger partial charge in [-0.1, -0.05) is 26.7 Å². The standard InChI is InChI=1S/C11H17B5O/c1-3-5-6-8(4-2)9(17)7-10(12,13)11(14,15)16/h8H,3-7H2,1-2H3. The largest absolute Gasteiger partial charge is 0.299 e. The molecule has 17 heavy (non-hydrogen) atoms. The molecule has 0 aliphatic rings. The summed E-state index contributed by atoms with van der Waals surface area (Å²) in [6.45, 7) is 4.05. The first-order valence-corrected chi connectivity index (χ1v) is 6.12. The average molecular weight is 219 g/mol. The number of unbranched alkanes of at least 4 members (excludes halogenated alkanes) is 1. The van der Waals surface area contributed by atoms with Crippen molar-refractivity contribution in [2.24, 2.45) is 5.92 Å². The van der Waals surface area contributed by atoms with Gasteiger partial charge < -0.3 is 0 Å². The second-order valence-electron chi connectivity index (χ2n) is 4.86. The second kappa shape index (κ2) is 6.80. The lowest BCUT2D eigenvalue weighted by molar-refractivity contribution is -0.123. The molecule has 0 aromatic carbocycles. The molecule has 1 atom stereocenters. The van der Waals surface area contributed by atoms with Gasteiger partial charge in [-0.15, -0.1) is 10.3 Å². The Morgan fingerprint density at radius 1 is 1.12 bits per heavy atom. The van der Waals surface area contributed by atoms with Crippen molar-refractivity contribution >= 4 is 45.0 Å². The van der Waals surface area contributed by atoms with Crippen LogP contribution in [0.3, 0.4) is 0 Å². The van der Waals surface area contributed by atoms with Crippen molar-refractivity contribution in [2.45, 2.75) is 56.3 Å². The highest BCUT2D eigenvalue weighted by molar-refractivity contribution is 6.67. The van der Waals surface area contributed by atoms with Crippen LogP contribution in [0.15, 0.2) is 0 Å². The number of hydrogen-bond donors (Lipinski definition) is 0. The van der Waals surface area contributed by atoms with E-state index in [0.717, 1.165) is 25.7 Å². The second-order valence-corrected chi connectivity index (χ2v) is 4.86. The summed E-state index contributed by atoms with van der Waals surface area (Å²) in [4.78, 5) is 12.0. The number of hydrogen-bond acceptors (Lipinski definition) is 1. The van der Waals surface area contributed by atoms with E-state index in [9.17, 15) is 4.79 Å². The van der Waals surface area contributed by atoms with Gasteiger partial charge in [-0.05, 0) is 19.3 Å². The summed E-state index contributed by atoms with van der Waals surface area (Å²) in [5, 5.41) is -3.34. The molecular weight excluding hydrogens is 202 g/mol. The molecule has 0 amide bonds. The molecule has 0 rings (SSSR count). The predicted molar refractivity (Wildman–Crippen MR) is 77.1 cm³/mol. The van der Waals surface area contributed by atoms with Gasteiger partial charge in [-0.2, -0.15) is 0 Å². The smallest absolute Gasteiger partial charge is 0.134 e. The van der Waals surface area contributed by atoms with Crippen LogP contribution in [0.25, 0.3) is 0 Å². The van der Waals surface area contributed by atoms with Crippen LogP contribution in [-0.2, 0) is 4.79 Å². The molecule has 0 N–H and O–H groups in total. The summed E-state index contributed by atoms with van der Waals surface area (Å²) >= 11 is 0. The third-order valence-electron chi connectivity index (χ3n) is 3.13. The van der Waals surface area contributed by atoms with Gasteiger partial charge in [-0.3, -0.25) is 4.79 Å². The van der Waals surface area contributed by atoms with Crippen LogP contribution in [-0.4, -0.2) is 45.0 Å². The maximum atomic E-state index is 12.0. The molecule has 10 radical (unpaired) electrons. The summed E-state index contributed by atoms with van der Waals surface area (Å²) in [6, 6.07) is 0. The molecule has 0 spiro atoms. The molecule has 0 aromatic rings. The molecule has 1 nitrogen and oxygen atoms in total. The Morgan fingerprint density at radius 2 is 1.65 bits per heavy atom. The minimum Gasteiger partial charge on any atom is -0.299 e. The van der Waals surface area contributed by atoms with E-state index in [2.05, 4.69) is 6.92 Å². The average Bonchev–Trinajstić information content (AvgIpc) is 2.16. The topological polar surface area (TPSA) is 17.1 Å². The lowest BCUT2D eigenvalue weighted by Crippen LogP contribution is -2.36. The molecule has 0 bridgehead atoms. The van der Waals surface area contributed by atoms with Crippen molar-refractivity contribution in [3.8, 4) is 0 Å². The van der Waals surface area contributed by atoms with Gasteiger partial charge in [0.1, 0.15) is 5.78 Å². The number of rotatable bonds is 8. The number of carbonyl (C=O) groups excluding carboxylic acids is 1. The van der Waals surface area contributed by atoms with E-state index < -0.39 is 10.3 Å². The quantitative estimate of drug-likeness (QED) is 0.561. The molecule has 0 saturated carbocycles. The lowest BCUT2D eigenvalue weighted by Gasteiger charge is -2.42. The maximum absolute atomic E-state index is 12.0. The zero-order valence-electron chi connectivity index (χ0n) is 10.9. The predicted octanol–water partition coefficient (Wildman–Crippen LogP) is 1.19. The van der Waals surface area contributed by atoms with E-state index in [4.69, 9.17) is 39.2 Å². The van der Waals surface area contributed by atoms with Gasteiger partial charge >= 0.3 is 0 Å². The molecule has 0 fully saturated rings. The minimum absolute atomic E-state index is 0.0170.